The summed E-state index contributed by atoms with van der Waals surface area (Å²) in [5.41, 5.74) is 1.88. The summed E-state index contributed by atoms with van der Waals surface area (Å²) in [6, 6.07) is 12.0. The average Bonchev–Trinajstić information content (AvgIpc) is 3.02. The predicted octanol–water partition coefficient (Wildman–Crippen LogP) is 3.46. The van der Waals surface area contributed by atoms with Gasteiger partial charge in [-0.3, -0.25) is 4.79 Å². The Morgan fingerprint density at radius 2 is 1.96 bits per heavy atom. The zero-order chi connectivity index (χ0) is 19.0. The smallest absolute Gasteiger partial charge is 0.258 e. The van der Waals surface area contributed by atoms with Crippen LogP contribution in [0.5, 0.6) is 0 Å². The molecule has 0 saturated carbocycles. The number of aryl methyl sites for hydroxylation is 1. The molecule has 27 heavy (non-hydrogen) atoms. The van der Waals surface area contributed by atoms with Crippen LogP contribution in [0.3, 0.4) is 0 Å². The van der Waals surface area contributed by atoms with Crippen molar-refractivity contribution in [3.63, 3.8) is 0 Å². The molecule has 4 aromatic rings. The van der Waals surface area contributed by atoms with Crippen molar-refractivity contribution >= 4 is 22.7 Å². The van der Waals surface area contributed by atoms with Crippen molar-refractivity contribution in [1.82, 2.24) is 24.7 Å². The number of thioether (sulfide) groups is 1. The van der Waals surface area contributed by atoms with E-state index in [1.807, 2.05) is 19.1 Å². The Morgan fingerprint density at radius 1 is 1.15 bits per heavy atom. The Hall–Kier alpha value is -3.00. The SMILES string of the molecule is Cc1cccc2c(=O)[nH]c(CSc3nnc(-c4ccccc4F)n3C)nc12. The topological polar surface area (TPSA) is 76.5 Å². The number of para-hydroxylation sites is 1. The predicted molar refractivity (Wildman–Crippen MR) is 103 cm³/mol. The van der Waals surface area contributed by atoms with Crippen LogP contribution in [0.1, 0.15) is 11.4 Å². The van der Waals surface area contributed by atoms with Gasteiger partial charge in [0.25, 0.3) is 5.56 Å². The maximum Gasteiger partial charge on any atom is 0.258 e. The van der Waals surface area contributed by atoms with Crippen LogP contribution in [-0.2, 0) is 12.8 Å². The summed E-state index contributed by atoms with van der Waals surface area (Å²) >= 11 is 1.38. The summed E-state index contributed by atoms with van der Waals surface area (Å²) in [6.45, 7) is 1.93. The van der Waals surface area contributed by atoms with E-state index in [1.54, 1.807) is 35.9 Å². The van der Waals surface area contributed by atoms with E-state index < -0.39 is 0 Å². The van der Waals surface area contributed by atoms with Gasteiger partial charge in [0.2, 0.25) is 0 Å². The summed E-state index contributed by atoms with van der Waals surface area (Å²) in [5.74, 6) is 1.08. The first-order chi connectivity index (χ1) is 13.0. The highest BCUT2D eigenvalue weighted by Crippen LogP contribution is 2.26. The van der Waals surface area contributed by atoms with Gasteiger partial charge in [0.1, 0.15) is 11.6 Å². The molecule has 6 nitrogen and oxygen atoms in total. The number of H-pyrrole nitrogens is 1. The Labute approximate surface area is 158 Å². The molecule has 0 spiro atoms. The minimum absolute atomic E-state index is 0.163. The fourth-order valence-electron chi connectivity index (χ4n) is 2.87. The number of nitrogens with one attached hydrogen (secondary N) is 1. The van der Waals surface area contributed by atoms with E-state index in [4.69, 9.17) is 0 Å². The summed E-state index contributed by atoms with van der Waals surface area (Å²) in [4.78, 5) is 19.7. The quantitative estimate of drug-likeness (QED) is 0.548. The van der Waals surface area contributed by atoms with Crippen LogP contribution in [0, 0.1) is 12.7 Å². The highest BCUT2D eigenvalue weighted by atomic mass is 32.2. The molecule has 0 radical (unpaired) electrons. The number of halogens is 1. The van der Waals surface area contributed by atoms with Crippen LogP contribution >= 0.6 is 11.8 Å². The van der Waals surface area contributed by atoms with Crippen LogP contribution in [0.25, 0.3) is 22.3 Å². The van der Waals surface area contributed by atoms with Gasteiger partial charge in [0.15, 0.2) is 11.0 Å². The van der Waals surface area contributed by atoms with Crippen molar-refractivity contribution in [2.45, 2.75) is 17.8 Å². The molecule has 4 rings (SSSR count). The Balaban J connectivity index is 1.62. The fourth-order valence-corrected chi connectivity index (χ4v) is 3.65. The standard InChI is InChI=1S/C19H16FN5OS/c1-11-6-5-8-13-16(11)21-15(22-18(13)26)10-27-19-24-23-17(25(19)2)12-7-3-4-9-14(12)20/h3-9H,10H2,1-2H3,(H,21,22,26). The molecule has 0 aliphatic carbocycles. The molecule has 0 aliphatic rings. The van der Waals surface area contributed by atoms with E-state index in [2.05, 4.69) is 20.2 Å². The number of fused-ring (bicyclic) bond motifs is 1. The molecular weight excluding hydrogens is 365 g/mol. The summed E-state index contributed by atoms with van der Waals surface area (Å²) in [5, 5.41) is 9.43. The molecular formula is C19H16FN5OS. The van der Waals surface area contributed by atoms with E-state index in [0.29, 0.717) is 39.0 Å². The zero-order valence-corrected chi connectivity index (χ0v) is 15.5. The number of rotatable bonds is 4. The van der Waals surface area contributed by atoms with Crippen molar-refractivity contribution in [2.75, 3.05) is 0 Å². The van der Waals surface area contributed by atoms with E-state index >= 15 is 0 Å². The van der Waals surface area contributed by atoms with E-state index in [9.17, 15) is 9.18 Å². The molecule has 0 saturated heterocycles. The van der Waals surface area contributed by atoms with Crippen molar-refractivity contribution in [3.8, 4) is 11.4 Å². The van der Waals surface area contributed by atoms with Crippen LogP contribution in [0.15, 0.2) is 52.4 Å². The third-order valence-corrected chi connectivity index (χ3v) is 5.31. The van der Waals surface area contributed by atoms with Crippen molar-refractivity contribution < 1.29 is 4.39 Å². The normalized spacial score (nSPS) is 11.2. The molecule has 2 aromatic heterocycles. The lowest BCUT2D eigenvalue weighted by Crippen LogP contribution is -2.12. The molecule has 0 bridgehead atoms. The molecule has 8 heteroatoms. The number of hydrogen-bond acceptors (Lipinski definition) is 5. The van der Waals surface area contributed by atoms with E-state index in [1.165, 1.54) is 17.8 Å². The first kappa shape index (κ1) is 17.4. The van der Waals surface area contributed by atoms with Crippen molar-refractivity contribution in [2.24, 2.45) is 7.05 Å². The number of aromatic nitrogens is 5. The first-order valence-corrected chi connectivity index (χ1v) is 9.29. The second kappa shape index (κ2) is 6.96. The van der Waals surface area contributed by atoms with Gasteiger partial charge in [-0.05, 0) is 30.7 Å². The molecule has 0 atom stereocenters. The van der Waals surface area contributed by atoms with Gasteiger partial charge in [-0.15, -0.1) is 10.2 Å². The van der Waals surface area contributed by atoms with Gasteiger partial charge in [-0.2, -0.15) is 0 Å². The highest BCUT2D eigenvalue weighted by molar-refractivity contribution is 7.98. The molecule has 136 valence electrons. The van der Waals surface area contributed by atoms with Crippen LogP contribution in [0.4, 0.5) is 4.39 Å². The van der Waals surface area contributed by atoms with Gasteiger partial charge in [-0.25, -0.2) is 9.37 Å². The van der Waals surface area contributed by atoms with Gasteiger partial charge < -0.3 is 9.55 Å². The molecule has 2 heterocycles. The zero-order valence-electron chi connectivity index (χ0n) is 14.7. The minimum Gasteiger partial charge on any atom is -0.309 e. The van der Waals surface area contributed by atoms with Crippen LogP contribution in [0.2, 0.25) is 0 Å². The van der Waals surface area contributed by atoms with Crippen LogP contribution < -0.4 is 5.56 Å². The summed E-state index contributed by atoms with van der Waals surface area (Å²) in [7, 11) is 1.78. The van der Waals surface area contributed by atoms with Crippen LogP contribution in [-0.4, -0.2) is 24.7 Å². The maximum atomic E-state index is 14.0. The monoisotopic (exact) mass is 381 g/mol. The van der Waals surface area contributed by atoms with Crippen molar-refractivity contribution in [3.05, 3.63) is 70.0 Å². The summed E-state index contributed by atoms with van der Waals surface area (Å²) in [6.07, 6.45) is 0. The van der Waals surface area contributed by atoms with Gasteiger partial charge in [-0.1, -0.05) is 36.0 Å². The Kier molecular flexibility index (Phi) is 4.49. The Morgan fingerprint density at radius 3 is 2.78 bits per heavy atom. The number of hydrogen-bond donors (Lipinski definition) is 1. The lowest BCUT2D eigenvalue weighted by molar-refractivity contribution is 0.628. The molecule has 0 amide bonds. The lowest BCUT2D eigenvalue weighted by Gasteiger charge is -2.06. The Bertz CT molecular complexity index is 1200. The third-order valence-electron chi connectivity index (χ3n) is 4.27. The number of aromatic amines is 1. The molecule has 1 N–H and O–H groups in total. The number of benzene rings is 2. The van der Waals surface area contributed by atoms with E-state index in [0.717, 1.165) is 5.56 Å². The molecule has 0 unspecified atom stereocenters. The van der Waals surface area contributed by atoms with Gasteiger partial charge in [0.05, 0.1) is 22.2 Å². The lowest BCUT2D eigenvalue weighted by atomic mass is 10.1. The molecule has 0 aliphatic heterocycles. The number of nitrogens with zero attached hydrogens (tertiary/aromatic N) is 4. The minimum atomic E-state index is -0.347. The second-order valence-corrected chi connectivity index (χ2v) is 7.06. The largest absolute Gasteiger partial charge is 0.309 e. The maximum absolute atomic E-state index is 14.0. The van der Waals surface area contributed by atoms with Gasteiger partial charge >= 0.3 is 0 Å². The third kappa shape index (κ3) is 3.23. The highest BCUT2D eigenvalue weighted by Gasteiger charge is 2.15. The van der Waals surface area contributed by atoms with Gasteiger partial charge in [0, 0.05) is 7.05 Å². The molecule has 2 aromatic carbocycles. The molecule has 0 fully saturated rings. The van der Waals surface area contributed by atoms with E-state index in [-0.39, 0.29) is 11.4 Å². The average molecular weight is 381 g/mol. The van der Waals surface area contributed by atoms with Crippen molar-refractivity contribution in [1.29, 1.82) is 0 Å². The first-order valence-electron chi connectivity index (χ1n) is 8.30. The second-order valence-electron chi connectivity index (χ2n) is 6.12. The summed E-state index contributed by atoms with van der Waals surface area (Å²) < 4.78 is 15.7. The fraction of sp³-hybridized carbons (Fsp3) is 0.158.